The van der Waals surface area contributed by atoms with E-state index in [1.165, 1.54) is 10.6 Å². The van der Waals surface area contributed by atoms with E-state index in [9.17, 15) is 0 Å². The maximum absolute atomic E-state index is 3.52. The summed E-state index contributed by atoms with van der Waals surface area (Å²) in [5.41, 5.74) is 5.59. The van der Waals surface area contributed by atoms with Gasteiger partial charge in [0, 0.05) is 24.5 Å². The molecule has 0 fully saturated rings. The molecule has 0 aliphatic heterocycles. The first-order chi connectivity index (χ1) is 13.0. The van der Waals surface area contributed by atoms with Gasteiger partial charge in [-0.15, -0.1) is 0 Å². The zero-order valence-electron chi connectivity index (χ0n) is 16.0. The minimum absolute atomic E-state index is 0.0136. The van der Waals surface area contributed by atoms with E-state index in [2.05, 4.69) is 117 Å². The number of hydrogen-bond acceptors (Lipinski definition) is 0. The van der Waals surface area contributed by atoms with Crippen LogP contribution in [0, 0.1) is 28.8 Å². The minimum Gasteiger partial charge on any atom is -0.0920 e. The van der Waals surface area contributed by atoms with Crippen molar-refractivity contribution in [1.82, 2.24) is 0 Å². The smallest absolute Gasteiger partial charge is 0.0348 e. The molecule has 27 heavy (non-hydrogen) atoms. The molecule has 0 spiro atoms. The summed E-state index contributed by atoms with van der Waals surface area (Å²) in [6.07, 6.45) is 0. The maximum atomic E-state index is 3.52. The lowest BCUT2D eigenvalue weighted by Gasteiger charge is -2.11. The van der Waals surface area contributed by atoms with Crippen LogP contribution < -0.4 is 10.6 Å². The largest absolute Gasteiger partial charge is 0.0920 e. The molecule has 0 N–H and O–H groups in total. The van der Waals surface area contributed by atoms with E-state index in [4.69, 9.17) is 0 Å². The molecule has 3 aromatic rings. The second-order valence-corrected chi connectivity index (χ2v) is 9.25. The second-order valence-electron chi connectivity index (χ2n) is 7.32. The van der Waals surface area contributed by atoms with Gasteiger partial charge >= 0.3 is 0 Å². The van der Waals surface area contributed by atoms with Crippen molar-refractivity contribution in [2.45, 2.75) is 20.8 Å². The van der Waals surface area contributed by atoms with Crippen LogP contribution in [0.25, 0.3) is 0 Å². The predicted molar refractivity (Wildman–Crippen MR) is 119 cm³/mol. The van der Waals surface area contributed by atoms with Gasteiger partial charge in [0.2, 0.25) is 0 Å². The van der Waals surface area contributed by atoms with Crippen molar-refractivity contribution in [2.75, 3.05) is 0 Å². The third kappa shape index (κ3) is 5.86. The molecule has 1 heteroatoms. The molecule has 0 bridgehead atoms. The van der Waals surface area contributed by atoms with Gasteiger partial charge < -0.3 is 0 Å². The zero-order chi connectivity index (χ0) is 19.1. The van der Waals surface area contributed by atoms with Crippen molar-refractivity contribution in [1.29, 1.82) is 0 Å². The monoisotopic (exact) mass is 366 g/mol. The molecule has 0 saturated heterocycles. The van der Waals surface area contributed by atoms with Gasteiger partial charge in [0.05, 0.1) is 0 Å². The number of hydrogen-bond donors (Lipinski definition) is 0. The van der Waals surface area contributed by atoms with Crippen LogP contribution in [0.5, 0.6) is 0 Å². The quantitative estimate of drug-likeness (QED) is 0.413. The molecule has 0 aromatic heterocycles. The van der Waals surface area contributed by atoms with Crippen LogP contribution in [0.4, 0.5) is 0 Å². The Morgan fingerprint density at radius 1 is 0.593 bits per heavy atom. The Morgan fingerprint density at radius 2 is 1.04 bits per heavy atom. The van der Waals surface area contributed by atoms with Gasteiger partial charge in [-0.2, -0.15) is 0 Å². The van der Waals surface area contributed by atoms with Crippen LogP contribution >= 0.6 is 7.92 Å². The van der Waals surface area contributed by atoms with Crippen LogP contribution in [0.15, 0.2) is 84.9 Å². The lowest BCUT2D eigenvalue weighted by molar-refractivity contribution is 0.571. The van der Waals surface area contributed by atoms with Crippen molar-refractivity contribution >= 4 is 18.5 Å². The van der Waals surface area contributed by atoms with Crippen LogP contribution in [0.2, 0.25) is 0 Å². The first-order valence-electron chi connectivity index (χ1n) is 9.06. The van der Waals surface area contributed by atoms with E-state index in [1.807, 2.05) is 12.1 Å². The Kier molecular flexibility index (Phi) is 6.14. The summed E-state index contributed by atoms with van der Waals surface area (Å²) in [6, 6.07) is 29.3. The molecule has 0 unspecified atom stereocenters. The Hall–Kier alpha value is -2.79. The molecule has 0 heterocycles. The molecular formula is C26H23P. The second kappa shape index (κ2) is 8.73. The van der Waals surface area contributed by atoms with E-state index in [-0.39, 0.29) is 5.41 Å². The number of rotatable bonds is 2. The van der Waals surface area contributed by atoms with Gasteiger partial charge in [-0.3, -0.25) is 0 Å². The average Bonchev–Trinajstić information content (AvgIpc) is 2.68. The fourth-order valence-electron chi connectivity index (χ4n) is 2.45. The highest BCUT2D eigenvalue weighted by Crippen LogP contribution is 2.31. The normalized spacial score (nSPS) is 10.5. The summed E-state index contributed by atoms with van der Waals surface area (Å²) in [7, 11) is -0.693. The average molecular weight is 366 g/mol. The SMILES string of the molecule is CC(C)(C)C#Cc1ccc(C#CP(c2ccccc2)c2ccccc2)cc1. The molecule has 0 aliphatic carbocycles. The van der Waals surface area contributed by atoms with Gasteiger partial charge in [0.25, 0.3) is 0 Å². The summed E-state index contributed by atoms with van der Waals surface area (Å²) >= 11 is 0. The highest BCUT2D eigenvalue weighted by atomic mass is 31.1. The first kappa shape index (κ1) is 19.0. The molecule has 0 radical (unpaired) electrons. The van der Waals surface area contributed by atoms with Crippen LogP contribution in [0.3, 0.4) is 0 Å². The predicted octanol–water partition coefficient (Wildman–Crippen LogP) is 5.53. The summed E-state index contributed by atoms with van der Waals surface area (Å²) in [5, 5.41) is 2.55. The van der Waals surface area contributed by atoms with Crippen LogP contribution in [-0.4, -0.2) is 0 Å². The first-order valence-corrected chi connectivity index (χ1v) is 10.4. The standard InChI is InChI=1S/C26H23P/c1-26(2,3)20-18-22-14-16-23(17-15-22)19-21-27(24-10-6-4-7-11-24)25-12-8-5-9-13-25/h4-17H,1-3H3. The molecular weight excluding hydrogens is 343 g/mol. The van der Waals surface area contributed by atoms with Crippen LogP contribution in [-0.2, 0) is 0 Å². The molecule has 3 aromatic carbocycles. The molecule has 0 saturated carbocycles. The maximum Gasteiger partial charge on any atom is 0.0348 e. The van der Waals surface area contributed by atoms with Gasteiger partial charge in [0.15, 0.2) is 0 Å². The molecule has 3 rings (SSSR count). The Balaban J connectivity index is 1.87. The number of benzene rings is 3. The Morgan fingerprint density at radius 3 is 1.48 bits per heavy atom. The van der Waals surface area contributed by atoms with Crippen molar-refractivity contribution in [3.63, 3.8) is 0 Å². The van der Waals surface area contributed by atoms with Crippen molar-refractivity contribution in [2.24, 2.45) is 5.41 Å². The van der Waals surface area contributed by atoms with Gasteiger partial charge in [-0.1, -0.05) is 84.1 Å². The summed E-state index contributed by atoms with van der Waals surface area (Å²) in [4.78, 5) is 0. The summed E-state index contributed by atoms with van der Waals surface area (Å²) in [6.45, 7) is 6.36. The Bertz CT molecular complexity index is 947. The van der Waals surface area contributed by atoms with Gasteiger partial charge in [0.1, 0.15) is 0 Å². The summed E-state index contributed by atoms with van der Waals surface area (Å²) < 4.78 is 0. The van der Waals surface area contributed by atoms with E-state index in [0.717, 1.165) is 11.1 Å². The topological polar surface area (TPSA) is 0 Å². The zero-order valence-corrected chi connectivity index (χ0v) is 16.9. The van der Waals surface area contributed by atoms with Crippen molar-refractivity contribution < 1.29 is 0 Å². The highest BCUT2D eigenvalue weighted by molar-refractivity contribution is 7.77. The van der Waals surface area contributed by atoms with E-state index in [1.54, 1.807) is 0 Å². The molecule has 0 aliphatic rings. The molecule has 0 amide bonds. The fraction of sp³-hybridized carbons (Fsp3) is 0.154. The lowest BCUT2D eigenvalue weighted by atomic mass is 9.97. The summed E-state index contributed by atoms with van der Waals surface area (Å²) in [5.74, 6) is 9.87. The van der Waals surface area contributed by atoms with Crippen LogP contribution in [0.1, 0.15) is 31.9 Å². The fourth-order valence-corrected chi connectivity index (χ4v) is 4.19. The third-order valence-electron chi connectivity index (χ3n) is 3.81. The molecule has 132 valence electrons. The van der Waals surface area contributed by atoms with Crippen molar-refractivity contribution in [3.05, 3.63) is 96.1 Å². The highest BCUT2D eigenvalue weighted by Gasteiger charge is 2.10. The van der Waals surface area contributed by atoms with E-state index >= 15 is 0 Å². The molecule has 0 atom stereocenters. The lowest BCUT2D eigenvalue weighted by Crippen LogP contribution is -2.09. The van der Waals surface area contributed by atoms with E-state index < -0.39 is 7.92 Å². The van der Waals surface area contributed by atoms with Gasteiger partial charge in [-0.05, 0) is 55.6 Å². The van der Waals surface area contributed by atoms with Gasteiger partial charge in [-0.25, -0.2) is 0 Å². The third-order valence-corrected chi connectivity index (χ3v) is 5.77. The molecule has 0 nitrogen and oxygen atoms in total. The van der Waals surface area contributed by atoms with Crippen molar-refractivity contribution in [3.8, 4) is 23.4 Å². The minimum atomic E-state index is -0.693. The van der Waals surface area contributed by atoms with E-state index in [0.29, 0.717) is 0 Å². The Labute approximate surface area is 164 Å².